The Hall–Kier alpha value is -1.87. The third-order valence-corrected chi connectivity index (χ3v) is 1.74. The molecule has 0 aliphatic carbocycles. The van der Waals surface area contributed by atoms with Crippen LogP contribution < -0.4 is 0 Å². The Bertz CT molecular complexity index is 357. The number of nitrogens with zero attached hydrogens (tertiary/aromatic N) is 1. The van der Waals surface area contributed by atoms with Crippen LogP contribution in [0.4, 0.5) is 0 Å². The summed E-state index contributed by atoms with van der Waals surface area (Å²) in [5, 5.41) is 8.64. The van der Waals surface area contributed by atoms with E-state index in [4.69, 9.17) is 19.5 Å². The Morgan fingerprint density at radius 1 is 1.25 bits per heavy atom. The molecule has 0 saturated carbocycles. The molecule has 0 fully saturated rings. The van der Waals surface area contributed by atoms with Crippen LogP contribution in [0.5, 0.6) is 0 Å². The van der Waals surface area contributed by atoms with E-state index in [9.17, 15) is 9.59 Å². The van der Waals surface area contributed by atoms with Gasteiger partial charge in [0.2, 0.25) is 6.29 Å². The highest BCUT2D eigenvalue weighted by atomic mass is 16.7. The Kier molecular flexibility index (Phi) is 4.03. The van der Waals surface area contributed by atoms with Crippen LogP contribution in [0.1, 0.15) is 13.8 Å². The summed E-state index contributed by atoms with van der Waals surface area (Å²) in [5.41, 5.74) is 0. The normalized spacial score (nSPS) is 27.9. The van der Waals surface area contributed by atoms with Crippen molar-refractivity contribution in [3.05, 3.63) is 12.2 Å². The Morgan fingerprint density at radius 3 is 2.38 bits per heavy atom. The molecule has 0 N–H and O–H groups in total. The van der Waals surface area contributed by atoms with Gasteiger partial charge in [-0.15, -0.1) is 0 Å². The first kappa shape index (κ1) is 12.2. The third-order valence-electron chi connectivity index (χ3n) is 1.74. The molecule has 0 radical (unpaired) electrons. The minimum Gasteiger partial charge on any atom is -0.452 e. The highest BCUT2D eigenvalue weighted by molar-refractivity contribution is 5.67. The van der Waals surface area contributed by atoms with Gasteiger partial charge in [-0.3, -0.25) is 9.59 Å². The molecule has 0 aromatic heterocycles. The molecular formula is C10H11NO5. The summed E-state index contributed by atoms with van der Waals surface area (Å²) in [4.78, 5) is 21.6. The second kappa shape index (κ2) is 5.28. The molecule has 0 aromatic carbocycles. The Morgan fingerprint density at radius 2 is 1.88 bits per heavy atom. The summed E-state index contributed by atoms with van der Waals surface area (Å²) in [5.74, 6) is -1.10. The smallest absolute Gasteiger partial charge is 0.305 e. The Labute approximate surface area is 92.4 Å². The molecule has 1 rings (SSSR count). The second-order valence-corrected chi connectivity index (χ2v) is 3.12. The first-order valence-corrected chi connectivity index (χ1v) is 4.60. The van der Waals surface area contributed by atoms with Crippen molar-refractivity contribution in [1.82, 2.24) is 0 Å². The molecule has 0 aromatic rings. The van der Waals surface area contributed by atoms with E-state index < -0.39 is 30.4 Å². The minimum atomic E-state index is -1.07. The number of nitriles is 1. The van der Waals surface area contributed by atoms with Crippen LogP contribution in [0, 0.1) is 11.3 Å². The first-order chi connectivity index (χ1) is 7.52. The van der Waals surface area contributed by atoms with Gasteiger partial charge in [0.05, 0.1) is 6.07 Å². The van der Waals surface area contributed by atoms with Gasteiger partial charge in [0.1, 0.15) is 0 Å². The average molecular weight is 225 g/mol. The standard InChI is InChI=1S/C10H11NO5/c1-6(12)14-9-4-3-8(5-11)16-10(9)15-7(2)13/h3-4,8-10H,1-2H3/t8?,9-,10-/m0/s1. The molecule has 1 aliphatic heterocycles. The van der Waals surface area contributed by atoms with Gasteiger partial charge in [0, 0.05) is 13.8 Å². The van der Waals surface area contributed by atoms with E-state index in [-0.39, 0.29) is 0 Å². The van der Waals surface area contributed by atoms with Gasteiger partial charge in [-0.1, -0.05) is 0 Å². The summed E-state index contributed by atoms with van der Waals surface area (Å²) in [6.45, 7) is 2.43. The molecule has 0 spiro atoms. The fourth-order valence-electron chi connectivity index (χ4n) is 1.19. The molecule has 1 unspecified atom stereocenters. The van der Waals surface area contributed by atoms with E-state index in [0.29, 0.717) is 0 Å². The molecule has 86 valence electrons. The number of rotatable bonds is 2. The van der Waals surface area contributed by atoms with Crippen molar-refractivity contribution in [2.24, 2.45) is 0 Å². The van der Waals surface area contributed by atoms with Crippen LogP contribution in [-0.4, -0.2) is 30.4 Å². The first-order valence-electron chi connectivity index (χ1n) is 4.60. The van der Waals surface area contributed by atoms with Crippen molar-refractivity contribution in [3.63, 3.8) is 0 Å². The van der Waals surface area contributed by atoms with E-state index >= 15 is 0 Å². The van der Waals surface area contributed by atoms with Crippen molar-refractivity contribution in [2.45, 2.75) is 32.3 Å². The monoisotopic (exact) mass is 225 g/mol. The zero-order valence-electron chi connectivity index (χ0n) is 8.88. The number of esters is 2. The molecule has 0 amide bonds. The van der Waals surface area contributed by atoms with E-state index in [1.54, 1.807) is 0 Å². The van der Waals surface area contributed by atoms with Gasteiger partial charge in [-0.2, -0.15) is 5.26 Å². The summed E-state index contributed by atoms with van der Waals surface area (Å²) >= 11 is 0. The van der Waals surface area contributed by atoms with Gasteiger partial charge < -0.3 is 14.2 Å². The fraction of sp³-hybridized carbons (Fsp3) is 0.500. The number of carbonyl (C=O) groups excluding carboxylic acids is 2. The number of carbonyl (C=O) groups is 2. The number of hydrogen-bond donors (Lipinski definition) is 0. The maximum absolute atomic E-state index is 10.8. The van der Waals surface area contributed by atoms with Gasteiger partial charge in [-0.05, 0) is 12.2 Å². The number of ether oxygens (including phenoxy) is 3. The Balaban J connectivity index is 2.74. The van der Waals surface area contributed by atoms with Crippen LogP contribution in [0.2, 0.25) is 0 Å². The van der Waals surface area contributed by atoms with Crippen LogP contribution >= 0.6 is 0 Å². The second-order valence-electron chi connectivity index (χ2n) is 3.12. The van der Waals surface area contributed by atoms with E-state index in [1.807, 2.05) is 6.07 Å². The quantitative estimate of drug-likeness (QED) is 0.495. The summed E-state index contributed by atoms with van der Waals surface area (Å²) < 4.78 is 14.7. The van der Waals surface area contributed by atoms with Crippen molar-refractivity contribution in [2.75, 3.05) is 0 Å². The predicted octanol–water partition coefficient (Wildman–Crippen LogP) is 0.286. The maximum Gasteiger partial charge on any atom is 0.305 e. The number of hydrogen-bond acceptors (Lipinski definition) is 6. The van der Waals surface area contributed by atoms with Crippen molar-refractivity contribution in [3.8, 4) is 6.07 Å². The van der Waals surface area contributed by atoms with Gasteiger partial charge >= 0.3 is 11.9 Å². The van der Waals surface area contributed by atoms with Crippen LogP contribution in [0.3, 0.4) is 0 Å². The van der Waals surface area contributed by atoms with Crippen molar-refractivity contribution < 1.29 is 23.8 Å². The minimum absolute atomic E-state index is 0.522. The van der Waals surface area contributed by atoms with Gasteiger partial charge in [0.25, 0.3) is 0 Å². The molecule has 0 bridgehead atoms. The lowest BCUT2D eigenvalue weighted by Crippen LogP contribution is -2.40. The SMILES string of the molecule is CC(=O)O[C@H]1OC(C#N)C=C[C@@H]1OC(C)=O. The largest absolute Gasteiger partial charge is 0.452 e. The molecule has 3 atom stereocenters. The molecule has 1 aliphatic rings. The summed E-state index contributed by atoms with van der Waals surface area (Å²) in [7, 11) is 0. The highest BCUT2D eigenvalue weighted by Gasteiger charge is 2.31. The van der Waals surface area contributed by atoms with E-state index in [0.717, 1.165) is 0 Å². The lowest BCUT2D eigenvalue weighted by atomic mass is 10.2. The van der Waals surface area contributed by atoms with Crippen molar-refractivity contribution >= 4 is 11.9 Å². The van der Waals surface area contributed by atoms with Gasteiger partial charge in [0.15, 0.2) is 12.2 Å². The predicted molar refractivity (Wildman–Crippen MR) is 50.7 cm³/mol. The van der Waals surface area contributed by atoms with Crippen LogP contribution in [0.25, 0.3) is 0 Å². The zero-order valence-corrected chi connectivity index (χ0v) is 8.88. The molecule has 6 heteroatoms. The molecule has 0 saturated heterocycles. The maximum atomic E-state index is 10.8. The summed E-state index contributed by atoms with van der Waals surface area (Å²) in [6.07, 6.45) is 0.207. The molecule has 16 heavy (non-hydrogen) atoms. The molecule has 6 nitrogen and oxygen atoms in total. The fourth-order valence-corrected chi connectivity index (χ4v) is 1.19. The van der Waals surface area contributed by atoms with Gasteiger partial charge in [-0.25, -0.2) is 0 Å². The lowest BCUT2D eigenvalue weighted by Gasteiger charge is -2.28. The zero-order chi connectivity index (χ0) is 12.1. The third kappa shape index (κ3) is 3.37. The summed E-state index contributed by atoms with van der Waals surface area (Å²) in [6, 6.07) is 1.84. The van der Waals surface area contributed by atoms with Crippen molar-refractivity contribution in [1.29, 1.82) is 5.26 Å². The highest BCUT2D eigenvalue weighted by Crippen LogP contribution is 2.17. The average Bonchev–Trinajstić information content (AvgIpc) is 2.19. The van der Waals surface area contributed by atoms with Crippen LogP contribution in [0.15, 0.2) is 12.2 Å². The lowest BCUT2D eigenvalue weighted by molar-refractivity contribution is -0.210. The molecule has 1 heterocycles. The van der Waals surface area contributed by atoms with Crippen LogP contribution in [-0.2, 0) is 23.8 Å². The molecular weight excluding hydrogens is 214 g/mol. The topological polar surface area (TPSA) is 85.6 Å². The van der Waals surface area contributed by atoms with E-state index in [2.05, 4.69) is 0 Å². The van der Waals surface area contributed by atoms with E-state index in [1.165, 1.54) is 26.0 Å².